The van der Waals surface area contributed by atoms with E-state index >= 15 is 0 Å². The maximum atomic E-state index is 12.4. The summed E-state index contributed by atoms with van der Waals surface area (Å²) in [5, 5.41) is 3.42. The van der Waals surface area contributed by atoms with Gasteiger partial charge in [0.2, 0.25) is 11.8 Å². The van der Waals surface area contributed by atoms with Crippen LogP contribution >= 0.6 is 11.6 Å². The van der Waals surface area contributed by atoms with Crippen molar-refractivity contribution in [2.45, 2.75) is 27.2 Å². The summed E-state index contributed by atoms with van der Waals surface area (Å²) in [7, 11) is 1.53. The van der Waals surface area contributed by atoms with Crippen LogP contribution in [0, 0.1) is 13.8 Å². The van der Waals surface area contributed by atoms with Gasteiger partial charge in [0, 0.05) is 30.6 Å². The molecule has 0 saturated carbocycles. The summed E-state index contributed by atoms with van der Waals surface area (Å²) in [5.74, 6) is 0.180. The van der Waals surface area contributed by atoms with Gasteiger partial charge in [-0.2, -0.15) is 0 Å². The average molecular weight is 375 g/mol. The van der Waals surface area contributed by atoms with Gasteiger partial charge in [0.25, 0.3) is 0 Å². The quantitative estimate of drug-likeness (QED) is 0.817. The van der Waals surface area contributed by atoms with Crippen molar-refractivity contribution >= 4 is 34.8 Å². The van der Waals surface area contributed by atoms with Gasteiger partial charge in [0.15, 0.2) is 0 Å². The fourth-order valence-electron chi connectivity index (χ4n) is 2.75. The summed E-state index contributed by atoms with van der Waals surface area (Å²) < 4.78 is 5.31. The molecule has 0 aliphatic carbocycles. The molecule has 0 saturated heterocycles. The molecule has 2 amide bonds. The van der Waals surface area contributed by atoms with Crippen LogP contribution in [-0.4, -0.2) is 25.5 Å². The highest BCUT2D eigenvalue weighted by Crippen LogP contribution is 2.31. The Morgan fingerprint density at radius 1 is 1.15 bits per heavy atom. The summed E-state index contributed by atoms with van der Waals surface area (Å²) in [4.78, 5) is 26.0. The number of rotatable bonds is 6. The summed E-state index contributed by atoms with van der Waals surface area (Å²) in [6, 6.07) is 10.9. The first kappa shape index (κ1) is 19.8. The minimum atomic E-state index is -0.189. The van der Waals surface area contributed by atoms with Gasteiger partial charge >= 0.3 is 0 Å². The molecule has 0 aromatic heterocycles. The molecule has 2 aromatic rings. The third-order valence-corrected chi connectivity index (χ3v) is 4.35. The molecule has 0 spiro atoms. The summed E-state index contributed by atoms with van der Waals surface area (Å²) in [5.41, 5.74) is 3.36. The Bertz CT molecular complexity index is 800. The second-order valence-corrected chi connectivity index (χ2v) is 6.49. The minimum absolute atomic E-state index is 0.156. The van der Waals surface area contributed by atoms with Crippen molar-refractivity contribution in [3.8, 4) is 5.75 Å². The SMILES string of the molecule is COc1ccc(Cl)cc1N(CCC(=O)Nc1c(C)cccc1C)C(C)=O. The fraction of sp³-hybridized carbons (Fsp3) is 0.300. The van der Waals surface area contributed by atoms with Crippen LogP contribution < -0.4 is 15.0 Å². The predicted octanol–water partition coefficient (Wildman–Crippen LogP) is 4.35. The smallest absolute Gasteiger partial charge is 0.226 e. The van der Waals surface area contributed by atoms with Crippen molar-refractivity contribution in [3.05, 3.63) is 52.5 Å². The van der Waals surface area contributed by atoms with Crippen LogP contribution in [0.3, 0.4) is 0 Å². The van der Waals surface area contributed by atoms with Crippen molar-refractivity contribution in [1.29, 1.82) is 0 Å². The van der Waals surface area contributed by atoms with Crippen molar-refractivity contribution in [1.82, 2.24) is 0 Å². The van der Waals surface area contributed by atoms with Gasteiger partial charge in [-0.05, 0) is 43.2 Å². The molecule has 138 valence electrons. The zero-order chi connectivity index (χ0) is 19.3. The Morgan fingerprint density at radius 2 is 1.81 bits per heavy atom. The van der Waals surface area contributed by atoms with E-state index in [0.717, 1.165) is 16.8 Å². The molecule has 1 N–H and O–H groups in total. The van der Waals surface area contributed by atoms with E-state index in [4.69, 9.17) is 16.3 Å². The van der Waals surface area contributed by atoms with Crippen LogP contribution in [0.2, 0.25) is 5.02 Å². The largest absolute Gasteiger partial charge is 0.495 e. The Labute approximate surface area is 158 Å². The number of aryl methyl sites for hydroxylation is 2. The standard InChI is InChI=1S/C20H23ClN2O3/c1-13-6-5-7-14(2)20(13)22-19(25)10-11-23(15(3)24)17-12-16(21)8-9-18(17)26-4/h5-9,12H,10-11H2,1-4H3,(H,22,25). The van der Waals surface area contributed by atoms with E-state index in [0.29, 0.717) is 16.5 Å². The van der Waals surface area contributed by atoms with E-state index in [1.165, 1.54) is 18.9 Å². The third-order valence-electron chi connectivity index (χ3n) is 4.12. The second kappa shape index (κ2) is 8.72. The maximum Gasteiger partial charge on any atom is 0.226 e. The van der Waals surface area contributed by atoms with Crippen LogP contribution in [0.25, 0.3) is 0 Å². The molecule has 0 fully saturated rings. The molecule has 0 bridgehead atoms. The molecular formula is C20H23ClN2O3. The normalized spacial score (nSPS) is 10.3. The number of methoxy groups -OCH3 is 1. The molecule has 6 heteroatoms. The van der Waals surface area contributed by atoms with Gasteiger partial charge in [0.1, 0.15) is 5.75 Å². The lowest BCUT2D eigenvalue weighted by molar-refractivity contribution is -0.117. The number of halogens is 1. The highest BCUT2D eigenvalue weighted by atomic mass is 35.5. The fourth-order valence-corrected chi connectivity index (χ4v) is 2.91. The van der Waals surface area contributed by atoms with E-state index in [1.54, 1.807) is 18.2 Å². The monoisotopic (exact) mass is 374 g/mol. The van der Waals surface area contributed by atoms with Gasteiger partial charge in [0.05, 0.1) is 12.8 Å². The van der Waals surface area contributed by atoms with E-state index in [9.17, 15) is 9.59 Å². The van der Waals surface area contributed by atoms with E-state index in [-0.39, 0.29) is 24.8 Å². The summed E-state index contributed by atoms with van der Waals surface area (Å²) in [6.07, 6.45) is 0.156. The van der Waals surface area contributed by atoms with E-state index in [2.05, 4.69) is 5.32 Å². The molecule has 0 aliphatic rings. The Hall–Kier alpha value is -2.53. The van der Waals surface area contributed by atoms with Gasteiger partial charge in [-0.3, -0.25) is 9.59 Å². The van der Waals surface area contributed by atoms with Crippen LogP contribution in [0.15, 0.2) is 36.4 Å². The number of carbonyl (C=O) groups excluding carboxylic acids is 2. The first-order valence-corrected chi connectivity index (χ1v) is 8.69. The molecule has 0 atom stereocenters. The van der Waals surface area contributed by atoms with Crippen LogP contribution in [0.4, 0.5) is 11.4 Å². The van der Waals surface area contributed by atoms with Crippen molar-refractivity contribution in [2.75, 3.05) is 23.9 Å². The number of ether oxygens (including phenoxy) is 1. The maximum absolute atomic E-state index is 12.4. The molecule has 0 aliphatic heterocycles. The zero-order valence-corrected chi connectivity index (χ0v) is 16.2. The molecule has 2 aromatic carbocycles. The van der Waals surface area contributed by atoms with Gasteiger partial charge in [-0.25, -0.2) is 0 Å². The molecule has 26 heavy (non-hydrogen) atoms. The lowest BCUT2D eigenvalue weighted by atomic mass is 10.1. The number of carbonyl (C=O) groups is 2. The lowest BCUT2D eigenvalue weighted by Gasteiger charge is -2.23. The minimum Gasteiger partial charge on any atom is -0.495 e. The first-order valence-electron chi connectivity index (χ1n) is 8.31. The highest BCUT2D eigenvalue weighted by molar-refractivity contribution is 6.31. The number of anilines is 2. The molecular weight excluding hydrogens is 352 g/mol. The van der Waals surface area contributed by atoms with Gasteiger partial charge < -0.3 is 15.0 Å². The summed E-state index contributed by atoms with van der Waals surface area (Å²) in [6.45, 7) is 5.56. The average Bonchev–Trinajstić information content (AvgIpc) is 2.58. The van der Waals surface area contributed by atoms with Crippen molar-refractivity contribution < 1.29 is 14.3 Å². The number of benzene rings is 2. The molecule has 5 nitrogen and oxygen atoms in total. The number of hydrogen-bond acceptors (Lipinski definition) is 3. The van der Waals surface area contributed by atoms with Crippen LogP contribution in [-0.2, 0) is 9.59 Å². The van der Waals surface area contributed by atoms with E-state index < -0.39 is 0 Å². The molecule has 0 radical (unpaired) electrons. The third kappa shape index (κ3) is 4.76. The highest BCUT2D eigenvalue weighted by Gasteiger charge is 2.18. The topological polar surface area (TPSA) is 58.6 Å². The van der Waals surface area contributed by atoms with Crippen molar-refractivity contribution in [3.63, 3.8) is 0 Å². The summed E-state index contributed by atoms with van der Waals surface area (Å²) >= 11 is 6.05. The Morgan fingerprint density at radius 3 is 2.38 bits per heavy atom. The second-order valence-electron chi connectivity index (χ2n) is 6.05. The first-order chi connectivity index (χ1) is 12.3. The number of para-hydroxylation sites is 1. The van der Waals surface area contributed by atoms with Gasteiger partial charge in [-0.1, -0.05) is 29.8 Å². The van der Waals surface area contributed by atoms with Crippen molar-refractivity contribution in [2.24, 2.45) is 0 Å². The van der Waals surface area contributed by atoms with Gasteiger partial charge in [-0.15, -0.1) is 0 Å². The number of hydrogen-bond donors (Lipinski definition) is 1. The number of amides is 2. The van der Waals surface area contributed by atoms with Crippen LogP contribution in [0.1, 0.15) is 24.5 Å². The molecule has 0 unspecified atom stereocenters. The number of nitrogens with zero attached hydrogens (tertiary/aromatic N) is 1. The lowest BCUT2D eigenvalue weighted by Crippen LogP contribution is -2.32. The zero-order valence-electron chi connectivity index (χ0n) is 15.4. The van der Waals surface area contributed by atoms with E-state index in [1.807, 2.05) is 32.0 Å². The number of nitrogens with one attached hydrogen (secondary N) is 1. The predicted molar refractivity (Wildman–Crippen MR) is 105 cm³/mol. The van der Waals surface area contributed by atoms with Crippen LogP contribution in [0.5, 0.6) is 5.75 Å². The Balaban J connectivity index is 2.13. The molecule has 2 rings (SSSR count). The molecule has 0 heterocycles. The Kier molecular flexibility index (Phi) is 6.64.